The smallest absolute Gasteiger partial charge is 0.305 e. The standard InChI is InChI=1S/C11H20O4.C11H22O3.C6H16O2Si.C3H6O2.2C2H8OSi.2CH4/c1-3-4-5-6-7-11(13)15-9-8-14-10(2)12;1-3-5-6-7-8-11(12)14-10-9-13-4-2;1-7-4-5-8-3-2-6-9;1-3(4)5-2;2*1-4(2)3;;/h3-9H2,1-2H3;3-10H2,1-2H3;2-6H2,1,9H3;1-2H3;2*3-4H,1-2H3;2*1H4. The molecule has 0 aromatic carbocycles. The first-order valence-electron chi connectivity index (χ1n) is 18.6. The van der Waals surface area contributed by atoms with Gasteiger partial charge in [0.25, 0.3) is 0 Å². The summed E-state index contributed by atoms with van der Waals surface area (Å²) in [6, 6.07) is 1.34. The second kappa shape index (κ2) is 65.2. The van der Waals surface area contributed by atoms with Gasteiger partial charge in [0.15, 0.2) is 18.1 Å². The summed E-state index contributed by atoms with van der Waals surface area (Å²) in [7, 11) is 2.06. The van der Waals surface area contributed by atoms with Gasteiger partial charge < -0.3 is 42.7 Å². The van der Waals surface area contributed by atoms with Crippen LogP contribution < -0.4 is 0 Å². The van der Waals surface area contributed by atoms with E-state index in [4.69, 9.17) is 33.3 Å². The highest BCUT2D eigenvalue weighted by Crippen LogP contribution is 2.04. The summed E-state index contributed by atoms with van der Waals surface area (Å²) in [5.74, 6) is -0.905. The lowest BCUT2D eigenvalue weighted by molar-refractivity contribution is -0.151. The number of carbonyl (C=O) groups excluding carboxylic acids is 4. The molecule has 0 rings (SSSR count). The number of esters is 4. The van der Waals surface area contributed by atoms with E-state index in [2.05, 4.69) is 23.3 Å². The summed E-state index contributed by atoms with van der Waals surface area (Å²) < 4.78 is 33.6. The molecule has 0 amide bonds. The predicted octanol–water partition coefficient (Wildman–Crippen LogP) is 5.80. The van der Waals surface area contributed by atoms with E-state index in [9.17, 15) is 19.2 Å². The zero-order valence-corrected chi connectivity index (χ0v) is 39.0. The Hall–Kier alpha value is -1.67. The molecule has 0 saturated carbocycles. The number of carbonyl (C=O) groups is 4. The molecule has 16 heteroatoms. The Morgan fingerprint density at radius 1 is 0.547 bits per heavy atom. The zero-order valence-electron chi connectivity index (χ0n) is 34.7. The second-order valence-corrected chi connectivity index (χ2v) is 16.8. The lowest BCUT2D eigenvalue weighted by Gasteiger charge is -2.04. The molecule has 53 heavy (non-hydrogen) atoms. The molecule has 0 aliphatic heterocycles. The first kappa shape index (κ1) is 69.3. The minimum Gasteiger partial charge on any atom is -0.469 e. The maximum absolute atomic E-state index is 11.1. The fourth-order valence-electron chi connectivity index (χ4n) is 2.73. The fraction of sp³-hybridized carbons (Fsp3) is 0.892. The number of rotatable bonds is 23. The van der Waals surface area contributed by atoms with Gasteiger partial charge in [-0.05, 0) is 52.4 Å². The Kier molecular flexibility index (Phi) is 85.2. The van der Waals surface area contributed by atoms with Crippen LogP contribution in [-0.4, -0.2) is 129 Å². The summed E-state index contributed by atoms with van der Waals surface area (Å²) in [6.07, 6.45) is 10.9. The summed E-state index contributed by atoms with van der Waals surface area (Å²) >= 11 is 0. The molecule has 0 spiro atoms. The monoisotopic (exact) mass is 825 g/mol. The molecule has 0 radical (unpaired) electrons. The lowest BCUT2D eigenvalue weighted by atomic mass is 10.2. The minimum atomic E-state index is -1.14. The second-order valence-electron chi connectivity index (χ2n) is 11.4. The van der Waals surface area contributed by atoms with Crippen molar-refractivity contribution in [3.05, 3.63) is 0 Å². The Morgan fingerprint density at radius 3 is 1.25 bits per heavy atom. The van der Waals surface area contributed by atoms with Gasteiger partial charge in [-0.25, -0.2) is 0 Å². The molecular weight excluding hydrogens is 737 g/mol. The van der Waals surface area contributed by atoms with E-state index in [1.165, 1.54) is 56.5 Å². The van der Waals surface area contributed by atoms with Gasteiger partial charge in [0.2, 0.25) is 0 Å². The molecule has 0 unspecified atom stereocenters. The van der Waals surface area contributed by atoms with E-state index in [0.717, 1.165) is 58.3 Å². The van der Waals surface area contributed by atoms with E-state index in [0.29, 0.717) is 32.7 Å². The normalized spacial score (nSPS) is 9.19. The average molecular weight is 825 g/mol. The molecule has 13 nitrogen and oxygen atoms in total. The Morgan fingerprint density at radius 2 is 0.925 bits per heavy atom. The third-order valence-corrected chi connectivity index (χ3v) is 5.88. The molecule has 0 bridgehead atoms. The highest BCUT2D eigenvalue weighted by atomic mass is 28.3. The van der Waals surface area contributed by atoms with Crippen molar-refractivity contribution in [3.63, 3.8) is 0 Å². The summed E-state index contributed by atoms with van der Waals surface area (Å²) in [5.41, 5.74) is 0. The van der Waals surface area contributed by atoms with Crippen LogP contribution in [0.2, 0.25) is 32.2 Å². The molecule has 0 aliphatic rings. The highest BCUT2D eigenvalue weighted by molar-refractivity contribution is 6.46. The lowest BCUT2D eigenvalue weighted by Crippen LogP contribution is -2.12. The number of unbranched alkanes of at least 4 members (excludes halogenated alkanes) is 6. The molecule has 0 aromatic rings. The van der Waals surface area contributed by atoms with E-state index >= 15 is 0 Å². The molecule has 0 aromatic heterocycles. The van der Waals surface area contributed by atoms with Gasteiger partial charge in [-0.1, -0.05) is 73.3 Å². The van der Waals surface area contributed by atoms with Crippen molar-refractivity contribution < 1.29 is 61.9 Å². The van der Waals surface area contributed by atoms with Crippen LogP contribution in [0.1, 0.15) is 120 Å². The molecule has 0 saturated heterocycles. The molecule has 326 valence electrons. The third kappa shape index (κ3) is 120. The maximum atomic E-state index is 11.1. The molecule has 0 atom stereocenters. The summed E-state index contributed by atoms with van der Waals surface area (Å²) in [6.45, 7) is 20.6. The van der Waals surface area contributed by atoms with Crippen LogP contribution in [-0.2, 0) is 52.3 Å². The van der Waals surface area contributed by atoms with Crippen molar-refractivity contribution in [1.82, 2.24) is 0 Å². The van der Waals surface area contributed by atoms with Crippen LogP contribution in [0.4, 0.5) is 0 Å². The number of hydrogen-bond acceptors (Lipinski definition) is 13. The van der Waals surface area contributed by atoms with Crippen molar-refractivity contribution in [1.29, 1.82) is 0 Å². The van der Waals surface area contributed by atoms with E-state index in [1.807, 2.05) is 33.1 Å². The molecule has 0 heterocycles. The van der Waals surface area contributed by atoms with Gasteiger partial charge in [0, 0.05) is 57.3 Å². The van der Waals surface area contributed by atoms with Crippen molar-refractivity contribution in [2.45, 2.75) is 152 Å². The summed E-state index contributed by atoms with van der Waals surface area (Å²) in [5, 5.41) is 0. The Bertz CT molecular complexity index is 671. The Balaban J connectivity index is -0.0000000817. The van der Waals surface area contributed by atoms with Crippen LogP contribution in [0.25, 0.3) is 0 Å². The van der Waals surface area contributed by atoms with E-state index in [1.54, 1.807) is 7.11 Å². The highest BCUT2D eigenvalue weighted by Gasteiger charge is 2.03. The van der Waals surface area contributed by atoms with Crippen LogP contribution in [0, 0.1) is 0 Å². The number of ether oxygens (including phenoxy) is 7. The minimum absolute atomic E-state index is 0. The van der Waals surface area contributed by atoms with Crippen LogP contribution in [0.3, 0.4) is 0 Å². The number of methoxy groups -OCH3 is 2. The van der Waals surface area contributed by atoms with Gasteiger partial charge in [-0.3, -0.25) is 19.2 Å². The van der Waals surface area contributed by atoms with Crippen LogP contribution >= 0.6 is 0 Å². The van der Waals surface area contributed by atoms with Gasteiger partial charge in [-0.2, -0.15) is 0 Å². The van der Waals surface area contributed by atoms with Gasteiger partial charge >= 0.3 is 23.9 Å². The van der Waals surface area contributed by atoms with Gasteiger partial charge in [0.1, 0.15) is 19.8 Å². The SMILES string of the molecule is C.C.CCCCCCC(=O)OCCOC(C)=O.CCCCCCC(=O)OCCOCC.COC(C)=O.COCCOCCC[SiH3].C[SiH](C)O.C[SiH](C)O. The number of hydrogen-bond donors (Lipinski definition) is 2. The first-order chi connectivity index (χ1) is 24.1. The largest absolute Gasteiger partial charge is 0.469 e. The third-order valence-electron chi connectivity index (χ3n) is 5.18. The zero-order chi connectivity index (χ0) is 40.6. The predicted molar refractivity (Wildman–Crippen MR) is 228 cm³/mol. The van der Waals surface area contributed by atoms with Crippen LogP contribution in [0.15, 0.2) is 0 Å². The first-order valence-corrected chi connectivity index (χ1v) is 25.7. The molecule has 0 fully saturated rings. The molecule has 0 aliphatic carbocycles. The summed E-state index contributed by atoms with van der Waals surface area (Å²) in [4.78, 5) is 58.5. The van der Waals surface area contributed by atoms with Gasteiger partial charge in [-0.15, -0.1) is 0 Å². The molecule has 2 N–H and O–H groups in total. The quantitative estimate of drug-likeness (QED) is 0.0549. The topological polar surface area (TPSA) is 173 Å². The van der Waals surface area contributed by atoms with E-state index < -0.39 is 18.1 Å². The van der Waals surface area contributed by atoms with Crippen molar-refractivity contribution >= 4 is 52.2 Å². The van der Waals surface area contributed by atoms with Crippen molar-refractivity contribution in [3.8, 4) is 0 Å². The van der Waals surface area contributed by atoms with Crippen LogP contribution in [0.5, 0.6) is 0 Å². The fourth-order valence-corrected chi connectivity index (χ4v) is 3.02. The molecular formula is C37H88O13Si3. The van der Waals surface area contributed by atoms with Gasteiger partial charge in [0.05, 0.1) is 26.9 Å². The van der Waals surface area contributed by atoms with Crippen molar-refractivity contribution in [2.24, 2.45) is 0 Å². The van der Waals surface area contributed by atoms with E-state index in [-0.39, 0.29) is 51.9 Å². The Labute approximate surface area is 332 Å². The maximum Gasteiger partial charge on any atom is 0.305 e. The van der Waals surface area contributed by atoms with Crippen molar-refractivity contribution in [2.75, 3.05) is 67.1 Å². The average Bonchev–Trinajstić information content (AvgIpc) is 3.06.